The number of ether oxygens (including phenoxy) is 1. The predicted molar refractivity (Wildman–Crippen MR) is 56.5 cm³/mol. The lowest BCUT2D eigenvalue weighted by Crippen LogP contribution is -2.20. The van der Waals surface area contributed by atoms with E-state index in [0.717, 1.165) is 12.8 Å². The summed E-state index contributed by atoms with van der Waals surface area (Å²) in [6, 6.07) is 5.48. The number of pyridine rings is 1. The van der Waals surface area contributed by atoms with E-state index < -0.39 is 0 Å². The largest absolute Gasteiger partial charge is 0.474 e. The van der Waals surface area contributed by atoms with E-state index in [0.29, 0.717) is 17.5 Å². The van der Waals surface area contributed by atoms with E-state index in [-0.39, 0.29) is 0 Å². The van der Waals surface area contributed by atoms with Gasteiger partial charge in [0.1, 0.15) is 6.10 Å². The second-order valence-electron chi connectivity index (χ2n) is 3.87. The fraction of sp³-hybridized carbons (Fsp3) is 0.500. The van der Waals surface area contributed by atoms with E-state index in [2.05, 4.69) is 11.1 Å². The number of hydrogen-bond donors (Lipinski definition) is 0. The zero-order valence-electron chi connectivity index (χ0n) is 8.65. The topological polar surface area (TPSA) is 45.9 Å². The van der Waals surface area contributed by atoms with Crippen molar-refractivity contribution >= 4 is 0 Å². The van der Waals surface area contributed by atoms with Crippen LogP contribution in [0.4, 0.5) is 0 Å². The summed E-state index contributed by atoms with van der Waals surface area (Å²) in [5, 5.41) is 8.73. The van der Waals surface area contributed by atoms with Gasteiger partial charge in [-0.1, -0.05) is 6.42 Å². The summed E-state index contributed by atoms with van der Waals surface area (Å²) in [5.41, 5.74) is 0.607. The van der Waals surface area contributed by atoms with Gasteiger partial charge in [-0.3, -0.25) is 0 Å². The summed E-state index contributed by atoms with van der Waals surface area (Å²) < 4.78 is 5.74. The molecule has 1 fully saturated rings. The monoisotopic (exact) mass is 202 g/mol. The third-order valence-corrected chi connectivity index (χ3v) is 2.70. The third-order valence-electron chi connectivity index (χ3n) is 2.70. The van der Waals surface area contributed by atoms with Gasteiger partial charge < -0.3 is 4.74 Å². The van der Waals surface area contributed by atoms with Crippen LogP contribution in [0.15, 0.2) is 18.3 Å². The minimum atomic E-state index is 0.292. The third kappa shape index (κ3) is 2.69. The van der Waals surface area contributed by atoms with Crippen LogP contribution in [-0.2, 0) is 0 Å². The molecule has 15 heavy (non-hydrogen) atoms. The molecule has 0 unspecified atom stereocenters. The summed E-state index contributed by atoms with van der Waals surface area (Å²) in [5.74, 6) is 0.584. The van der Waals surface area contributed by atoms with Crippen LogP contribution in [-0.4, -0.2) is 11.1 Å². The highest BCUT2D eigenvalue weighted by molar-refractivity contribution is 5.31. The molecule has 0 atom stereocenters. The molecule has 78 valence electrons. The van der Waals surface area contributed by atoms with Gasteiger partial charge in [0, 0.05) is 12.3 Å². The molecule has 0 aliphatic heterocycles. The van der Waals surface area contributed by atoms with Crippen LogP contribution >= 0.6 is 0 Å². The van der Waals surface area contributed by atoms with E-state index in [1.165, 1.54) is 19.3 Å². The van der Waals surface area contributed by atoms with Crippen molar-refractivity contribution in [3.8, 4) is 11.9 Å². The predicted octanol–water partition coefficient (Wildman–Crippen LogP) is 2.66. The van der Waals surface area contributed by atoms with Gasteiger partial charge in [-0.15, -0.1) is 0 Å². The molecule has 2 rings (SSSR count). The van der Waals surface area contributed by atoms with Crippen LogP contribution < -0.4 is 4.74 Å². The minimum Gasteiger partial charge on any atom is -0.474 e. The van der Waals surface area contributed by atoms with E-state index in [1.54, 1.807) is 18.3 Å². The highest BCUT2D eigenvalue weighted by Crippen LogP contribution is 2.22. The van der Waals surface area contributed by atoms with Crippen LogP contribution in [0.1, 0.15) is 37.7 Å². The normalized spacial score (nSPS) is 17.0. The summed E-state index contributed by atoms with van der Waals surface area (Å²) in [4.78, 5) is 4.11. The first-order valence-corrected chi connectivity index (χ1v) is 5.41. The van der Waals surface area contributed by atoms with Crippen molar-refractivity contribution in [1.82, 2.24) is 4.98 Å². The average Bonchev–Trinajstić information content (AvgIpc) is 2.31. The molecular weight excluding hydrogens is 188 g/mol. The smallest absolute Gasteiger partial charge is 0.214 e. The van der Waals surface area contributed by atoms with Crippen molar-refractivity contribution in [2.75, 3.05) is 0 Å². The molecule has 1 aliphatic rings. The van der Waals surface area contributed by atoms with Crippen LogP contribution in [0.2, 0.25) is 0 Å². The Labute approximate surface area is 89.7 Å². The van der Waals surface area contributed by atoms with Gasteiger partial charge in [0.2, 0.25) is 5.88 Å². The molecule has 0 saturated heterocycles. The number of nitrogens with zero attached hydrogens (tertiary/aromatic N) is 2. The molecule has 0 bridgehead atoms. The molecule has 3 heteroatoms. The lowest BCUT2D eigenvalue weighted by Gasteiger charge is -2.22. The van der Waals surface area contributed by atoms with Gasteiger partial charge in [-0.05, 0) is 31.7 Å². The van der Waals surface area contributed by atoms with Crippen molar-refractivity contribution in [1.29, 1.82) is 5.26 Å². The molecule has 0 aromatic carbocycles. The first kappa shape index (κ1) is 9.97. The summed E-state index contributed by atoms with van der Waals surface area (Å²) in [6.45, 7) is 0. The quantitative estimate of drug-likeness (QED) is 0.740. The molecule has 0 radical (unpaired) electrons. The van der Waals surface area contributed by atoms with E-state index in [4.69, 9.17) is 10.00 Å². The van der Waals surface area contributed by atoms with Crippen molar-refractivity contribution < 1.29 is 4.74 Å². The fourth-order valence-electron chi connectivity index (χ4n) is 1.90. The summed E-state index contributed by atoms with van der Waals surface area (Å²) >= 11 is 0. The summed E-state index contributed by atoms with van der Waals surface area (Å²) in [7, 11) is 0. The second-order valence-corrected chi connectivity index (χ2v) is 3.87. The van der Waals surface area contributed by atoms with Crippen molar-refractivity contribution in [3.05, 3.63) is 23.9 Å². The standard InChI is InChI=1S/C12H14N2O/c13-9-10-6-7-14-12(8-10)15-11-4-2-1-3-5-11/h6-8,11H,1-5H2. The second kappa shape index (κ2) is 4.79. The Kier molecular flexibility index (Phi) is 3.18. The molecule has 1 heterocycles. The van der Waals surface area contributed by atoms with Crippen molar-refractivity contribution in [2.24, 2.45) is 0 Å². The number of aromatic nitrogens is 1. The maximum Gasteiger partial charge on any atom is 0.214 e. The Morgan fingerprint density at radius 2 is 2.13 bits per heavy atom. The van der Waals surface area contributed by atoms with Gasteiger partial charge >= 0.3 is 0 Å². The summed E-state index contributed by atoms with van der Waals surface area (Å²) in [6.07, 6.45) is 7.92. The molecule has 0 amide bonds. The number of hydrogen-bond acceptors (Lipinski definition) is 3. The Morgan fingerprint density at radius 1 is 1.33 bits per heavy atom. The molecule has 1 saturated carbocycles. The molecule has 0 N–H and O–H groups in total. The van der Waals surface area contributed by atoms with Crippen LogP contribution in [0.5, 0.6) is 5.88 Å². The lowest BCUT2D eigenvalue weighted by atomic mass is 9.98. The molecule has 1 aromatic rings. The molecule has 0 spiro atoms. The van der Waals surface area contributed by atoms with Crippen molar-refractivity contribution in [3.63, 3.8) is 0 Å². The highest BCUT2D eigenvalue weighted by Gasteiger charge is 2.15. The maximum atomic E-state index is 8.73. The van der Waals surface area contributed by atoms with Gasteiger partial charge in [-0.25, -0.2) is 4.98 Å². The van der Waals surface area contributed by atoms with E-state index in [9.17, 15) is 0 Å². The SMILES string of the molecule is N#Cc1ccnc(OC2CCCCC2)c1. The van der Waals surface area contributed by atoms with Gasteiger partial charge in [0.05, 0.1) is 11.6 Å². The fourth-order valence-corrected chi connectivity index (χ4v) is 1.90. The van der Waals surface area contributed by atoms with Crippen LogP contribution in [0.25, 0.3) is 0 Å². The van der Waals surface area contributed by atoms with E-state index in [1.807, 2.05) is 0 Å². The van der Waals surface area contributed by atoms with Crippen molar-refractivity contribution in [2.45, 2.75) is 38.2 Å². The van der Waals surface area contributed by atoms with E-state index >= 15 is 0 Å². The van der Waals surface area contributed by atoms with Gasteiger partial charge in [0.15, 0.2) is 0 Å². The first-order chi connectivity index (χ1) is 7.38. The lowest BCUT2D eigenvalue weighted by molar-refractivity contribution is 0.148. The van der Waals surface area contributed by atoms with Gasteiger partial charge in [0.25, 0.3) is 0 Å². The zero-order chi connectivity index (χ0) is 10.5. The molecule has 3 nitrogen and oxygen atoms in total. The maximum absolute atomic E-state index is 8.73. The first-order valence-electron chi connectivity index (χ1n) is 5.41. The zero-order valence-corrected chi connectivity index (χ0v) is 8.65. The Hall–Kier alpha value is -1.56. The Balaban J connectivity index is 2.00. The minimum absolute atomic E-state index is 0.292. The van der Waals surface area contributed by atoms with Gasteiger partial charge in [-0.2, -0.15) is 5.26 Å². The number of rotatable bonds is 2. The highest BCUT2D eigenvalue weighted by atomic mass is 16.5. The Bertz CT molecular complexity index is 364. The van der Waals surface area contributed by atoms with Crippen LogP contribution in [0.3, 0.4) is 0 Å². The molecule has 1 aromatic heterocycles. The average molecular weight is 202 g/mol. The Morgan fingerprint density at radius 3 is 2.87 bits per heavy atom. The molecule has 1 aliphatic carbocycles. The molecular formula is C12H14N2O. The van der Waals surface area contributed by atoms with Crippen LogP contribution in [0, 0.1) is 11.3 Å². The number of nitriles is 1.